The molecular weight excluding hydrogens is 356 g/mol. The first-order valence-electron chi connectivity index (χ1n) is 8.77. The molecule has 1 aliphatic heterocycles. The Morgan fingerprint density at radius 2 is 2.00 bits per heavy atom. The molecule has 8 nitrogen and oxygen atoms in total. The molecule has 1 aromatic carbocycles. The van der Waals surface area contributed by atoms with Crippen molar-refractivity contribution in [2.75, 3.05) is 32.7 Å². The fourth-order valence-electron chi connectivity index (χ4n) is 2.83. The number of amides is 2. The highest BCUT2D eigenvalue weighted by Gasteiger charge is 2.23. The maximum absolute atomic E-state index is 12.6. The van der Waals surface area contributed by atoms with Gasteiger partial charge in [0.15, 0.2) is 0 Å². The van der Waals surface area contributed by atoms with Crippen molar-refractivity contribution in [3.8, 4) is 0 Å². The van der Waals surface area contributed by atoms with E-state index in [2.05, 4.69) is 16.0 Å². The average molecular weight is 382 g/mol. The SMILES string of the molecule is CCN(CC)S(=O)(=O)c1cccc(C(=O)NCC(=O)NC2CCNC2)c1. The topological polar surface area (TPSA) is 108 Å². The van der Waals surface area contributed by atoms with Crippen molar-refractivity contribution in [1.29, 1.82) is 0 Å². The zero-order chi connectivity index (χ0) is 19.2. The van der Waals surface area contributed by atoms with Gasteiger partial charge in [-0.1, -0.05) is 19.9 Å². The molecule has 0 spiro atoms. The molecule has 1 saturated heterocycles. The smallest absolute Gasteiger partial charge is 0.251 e. The first-order valence-corrected chi connectivity index (χ1v) is 10.2. The highest BCUT2D eigenvalue weighted by atomic mass is 32.2. The summed E-state index contributed by atoms with van der Waals surface area (Å²) in [5, 5.41) is 8.51. The van der Waals surface area contributed by atoms with Gasteiger partial charge in [-0.2, -0.15) is 4.31 Å². The zero-order valence-electron chi connectivity index (χ0n) is 15.1. The summed E-state index contributed by atoms with van der Waals surface area (Å²) >= 11 is 0. The fraction of sp³-hybridized carbons (Fsp3) is 0.529. The molecule has 2 amide bonds. The summed E-state index contributed by atoms with van der Waals surface area (Å²) in [4.78, 5) is 24.2. The van der Waals surface area contributed by atoms with Crippen molar-refractivity contribution in [2.45, 2.75) is 31.2 Å². The Kier molecular flexibility index (Phi) is 7.13. The molecule has 1 heterocycles. The van der Waals surface area contributed by atoms with Gasteiger partial charge < -0.3 is 16.0 Å². The quantitative estimate of drug-likeness (QED) is 0.583. The van der Waals surface area contributed by atoms with Crippen molar-refractivity contribution in [2.24, 2.45) is 0 Å². The Labute approximate surface area is 154 Å². The van der Waals surface area contributed by atoms with Gasteiger partial charge in [-0.15, -0.1) is 0 Å². The number of nitrogens with zero attached hydrogens (tertiary/aromatic N) is 1. The minimum Gasteiger partial charge on any atom is -0.351 e. The van der Waals surface area contributed by atoms with Gasteiger partial charge in [0.05, 0.1) is 11.4 Å². The number of carbonyl (C=O) groups is 2. The lowest BCUT2D eigenvalue weighted by Gasteiger charge is -2.18. The Morgan fingerprint density at radius 3 is 2.62 bits per heavy atom. The Bertz CT molecular complexity index is 741. The van der Waals surface area contributed by atoms with Gasteiger partial charge in [-0.05, 0) is 31.2 Å². The second-order valence-corrected chi connectivity index (χ2v) is 8.00. The third kappa shape index (κ3) is 5.03. The van der Waals surface area contributed by atoms with E-state index in [9.17, 15) is 18.0 Å². The fourth-order valence-corrected chi connectivity index (χ4v) is 4.33. The highest BCUT2D eigenvalue weighted by Crippen LogP contribution is 2.16. The van der Waals surface area contributed by atoms with E-state index in [1.165, 1.54) is 28.6 Å². The maximum atomic E-state index is 12.6. The van der Waals surface area contributed by atoms with Crippen LogP contribution in [0, 0.1) is 0 Å². The van der Waals surface area contributed by atoms with E-state index in [0.29, 0.717) is 13.1 Å². The van der Waals surface area contributed by atoms with Crippen LogP contribution in [0.4, 0.5) is 0 Å². The van der Waals surface area contributed by atoms with Crippen molar-refractivity contribution >= 4 is 21.8 Å². The number of carbonyl (C=O) groups excluding carboxylic acids is 2. The average Bonchev–Trinajstić information content (AvgIpc) is 3.13. The van der Waals surface area contributed by atoms with Crippen LogP contribution >= 0.6 is 0 Å². The Morgan fingerprint density at radius 1 is 1.27 bits per heavy atom. The van der Waals surface area contributed by atoms with Gasteiger partial charge in [-0.25, -0.2) is 8.42 Å². The van der Waals surface area contributed by atoms with Crippen LogP contribution in [-0.4, -0.2) is 63.3 Å². The molecule has 144 valence electrons. The molecule has 1 aromatic rings. The second kappa shape index (κ2) is 9.11. The number of sulfonamides is 1. The molecular formula is C17H26N4O4S. The van der Waals surface area contributed by atoms with Crippen LogP contribution in [0.5, 0.6) is 0 Å². The predicted molar refractivity (Wildman–Crippen MR) is 98.3 cm³/mol. The van der Waals surface area contributed by atoms with Crippen LogP contribution in [0.15, 0.2) is 29.2 Å². The minimum atomic E-state index is -3.64. The van der Waals surface area contributed by atoms with E-state index >= 15 is 0 Å². The summed E-state index contributed by atoms with van der Waals surface area (Å²) in [6.45, 7) is 5.67. The van der Waals surface area contributed by atoms with Crippen LogP contribution < -0.4 is 16.0 Å². The van der Waals surface area contributed by atoms with E-state index in [1.807, 2.05) is 0 Å². The van der Waals surface area contributed by atoms with E-state index in [-0.39, 0.29) is 29.0 Å². The van der Waals surface area contributed by atoms with Gasteiger partial charge in [-0.3, -0.25) is 9.59 Å². The van der Waals surface area contributed by atoms with E-state index in [1.54, 1.807) is 13.8 Å². The maximum Gasteiger partial charge on any atom is 0.251 e. The molecule has 0 saturated carbocycles. The highest BCUT2D eigenvalue weighted by molar-refractivity contribution is 7.89. The van der Waals surface area contributed by atoms with E-state index in [4.69, 9.17) is 0 Å². The van der Waals surface area contributed by atoms with Crippen molar-refractivity contribution in [1.82, 2.24) is 20.3 Å². The molecule has 1 aliphatic rings. The normalized spacial score (nSPS) is 17.3. The Balaban J connectivity index is 2.00. The monoisotopic (exact) mass is 382 g/mol. The van der Waals surface area contributed by atoms with Crippen LogP contribution in [0.25, 0.3) is 0 Å². The Hall–Kier alpha value is -1.97. The van der Waals surface area contributed by atoms with Crippen LogP contribution in [-0.2, 0) is 14.8 Å². The largest absolute Gasteiger partial charge is 0.351 e. The molecule has 0 bridgehead atoms. The minimum absolute atomic E-state index is 0.0651. The molecule has 2 rings (SSSR count). The van der Waals surface area contributed by atoms with E-state index in [0.717, 1.165) is 19.5 Å². The molecule has 3 N–H and O–H groups in total. The van der Waals surface area contributed by atoms with Gasteiger partial charge in [0.2, 0.25) is 15.9 Å². The van der Waals surface area contributed by atoms with Crippen molar-refractivity contribution < 1.29 is 18.0 Å². The first kappa shape index (κ1) is 20.3. The molecule has 1 atom stereocenters. The first-order chi connectivity index (χ1) is 12.4. The third-order valence-corrected chi connectivity index (χ3v) is 6.32. The molecule has 1 unspecified atom stereocenters. The van der Waals surface area contributed by atoms with Gasteiger partial charge in [0.25, 0.3) is 5.91 Å². The van der Waals surface area contributed by atoms with Gasteiger partial charge in [0, 0.05) is 31.2 Å². The lowest BCUT2D eigenvalue weighted by atomic mass is 10.2. The summed E-state index contributed by atoms with van der Waals surface area (Å²) in [6, 6.07) is 5.93. The number of nitrogens with one attached hydrogen (secondary N) is 3. The van der Waals surface area contributed by atoms with Crippen LogP contribution in [0.3, 0.4) is 0 Å². The van der Waals surface area contributed by atoms with Crippen molar-refractivity contribution in [3.05, 3.63) is 29.8 Å². The summed E-state index contributed by atoms with van der Waals surface area (Å²) in [6.07, 6.45) is 0.866. The second-order valence-electron chi connectivity index (χ2n) is 6.06. The van der Waals surface area contributed by atoms with Crippen LogP contribution in [0.2, 0.25) is 0 Å². The number of hydrogen-bond acceptors (Lipinski definition) is 5. The summed E-state index contributed by atoms with van der Waals surface area (Å²) in [5.41, 5.74) is 0.202. The molecule has 26 heavy (non-hydrogen) atoms. The lowest BCUT2D eigenvalue weighted by molar-refractivity contribution is -0.120. The molecule has 9 heteroatoms. The summed E-state index contributed by atoms with van der Waals surface area (Å²) in [5.74, 6) is -0.750. The van der Waals surface area contributed by atoms with E-state index < -0.39 is 15.9 Å². The number of hydrogen-bond donors (Lipinski definition) is 3. The van der Waals surface area contributed by atoms with Gasteiger partial charge >= 0.3 is 0 Å². The van der Waals surface area contributed by atoms with Crippen LogP contribution in [0.1, 0.15) is 30.6 Å². The molecule has 0 aromatic heterocycles. The summed E-state index contributed by atoms with van der Waals surface area (Å²) < 4.78 is 26.4. The third-order valence-electron chi connectivity index (χ3n) is 4.27. The zero-order valence-corrected chi connectivity index (χ0v) is 15.9. The number of rotatable bonds is 8. The number of benzene rings is 1. The van der Waals surface area contributed by atoms with Gasteiger partial charge in [0.1, 0.15) is 0 Å². The molecule has 0 radical (unpaired) electrons. The standard InChI is InChI=1S/C17H26N4O4S/c1-3-21(4-2)26(24,25)15-7-5-6-13(10-15)17(23)19-12-16(22)20-14-8-9-18-11-14/h5-7,10,14,18H,3-4,8-9,11-12H2,1-2H3,(H,19,23)(H,20,22). The lowest BCUT2D eigenvalue weighted by Crippen LogP contribution is -2.42. The molecule has 1 fully saturated rings. The van der Waals surface area contributed by atoms with Crippen molar-refractivity contribution in [3.63, 3.8) is 0 Å². The predicted octanol–water partition coefficient (Wildman–Crippen LogP) is -0.0750. The molecule has 0 aliphatic carbocycles. The summed E-state index contributed by atoms with van der Waals surface area (Å²) in [7, 11) is -3.64.